The zero-order chi connectivity index (χ0) is 19.4. The Hall–Kier alpha value is -2.25. The van der Waals surface area contributed by atoms with Crippen LogP contribution in [0.1, 0.15) is 41.8 Å². The van der Waals surface area contributed by atoms with Crippen molar-refractivity contribution in [1.29, 1.82) is 0 Å². The number of anilines is 1. The zero-order valence-corrected chi connectivity index (χ0v) is 16.1. The predicted octanol–water partition coefficient (Wildman–Crippen LogP) is 4.97. The fourth-order valence-electron chi connectivity index (χ4n) is 3.22. The van der Waals surface area contributed by atoms with E-state index in [1.165, 1.54) is 19.3 Å². The molecule has 1 saturated carbocycles. The molecule has 8 heteroatoms. The summed E-state index contributed by atoms with van der Waals surface area (Å²) in [6.45, 7) is -0.653. The number of carboxylic acid groups (broad SMARTS) is 2. The molecule has 0 amide bonds. The molecule has 1 aliphatic rings. The quantitative estimate of drug-likeness (QED) is 0.597. The van der Waals surface area contributed by atoms with Crippen LogP contribution < -0.4 is 10.1 Å². The van der Waals surface area contributed by atoms with E-state index < -0.39 is 18.5 Å². The Morgan fingerprint density at radius 3 is 2.63 bits per heavy atom. The average Bonchev–Trinajstić information content (AvgIpc) is 2.98. The van der Waals surface area contributed by atoms with Crippen LogP contribution in [0.4, 0.5) is 5.69 Å². The molecule has 144 valence electrons. The van der Waals surface area contributed by atoms with Gasteiger partial charge in [-0.3, -0.25) is 0 Å². The third-order valence-electron chi connectivity index (χ3n) is 4.44. The lowest BCUT2D eigenvalue weighted by molar-refractivity contribution is -0.139. The second kappa shape index (κ2) is 8.63. The summed E-state index contributed by atoms with van der Waals surface area (Å²) < 4.78 is 5.13. The van der Waals surface area contributed by atoms with E-state index in [1.807, 2.05) is 24.3 Å². The van der Waals surface area contributed by atoms with Crippen molar-refractivity contribution in [3.05, 3.63) is 34.2 Å². The van der Waals surface area contributed by atoms with Gasteiger partial charge < -0.3 is 20.3 Å². The van der Waals surface area contributed by atoms with Crippen LogP contribution in [0.25, 0.3) is 10.4 Å². The van der Waals surface area contributed by atoms with Gasteiger partial charge in [0.25, 0.3) is 0 Å². The Balaban J connectivity index is 1.89. The maximum absolute atomic E-state index is 11.5. The molecule has 0 aliphatic heterocycles. The van der Waals surface area contributed by atoms with Crippen molar-refractivity contribution in [2.24, 2.45) is 0 Å². The summed E-state index contributed by atoms with van der Waals surface area (Å²) in [5.41, 5.74) is 1.72. The van der Waals surface area contributed by atoms with Crippen LogP contribution in [-0.4, -0.2) is 34.8 Å². The minimum Gasteiger partial charge on any atom is -0.479 e. The van der Waals surface area contributed by atoms with Crippen molar-refractivity contribution in [3.63, 3.8) is 0 Å². The topological polar surface area (TPSA) is 95.9 Å². The molecule has 3 rings (SSSR count). The smallest absolute Gasteiger partial charge is 0.349 e. The average molecular weight is 410 g/mol. The molecule has 3 N–H and O–H groups in total. The van der Waals surface area contributed by atoms with Crippen LogP contribution in [0, 0.1) is 0 Å². The SMILES string of the molecule is O=C(O)COc1c(C(=O)O)sc(-c2cccc(NC3CCCCC3)c2)c1Cl. The molecule has 0 atom stereocenters. The lowest BCUT2D eigenvalue weighted by Crippen LogP contribution is -2.22. The van der Waals surface area contributed by atoms with Crippen molar-refractivity contribution in [2.75, 3.05) is 11.9 Å². The Morgan fingerprint density at radius 1 is 1.22 bits per heavy atom. The zero-order valence-electron chi connectivity index (χ0n) is 14.5. The van der Waals surface area contributed by atoms with Crippen molar-refractivity contribution in [1.82, 2.24) is 0 Å². The van der Waals surface area contributed by atoms with Crippen LogP contribution >= 0.6 is 22.9 Å². The molecule has 0 bridgehead atoms. The third-order valence-corrected chi connectivity index (χ3v) is 6.12. The lowest BCUT2D eigenvalue weighted by atomic mass is 9.95. The van der Waals surface area contributed by atoms with E-state index in [-0.39, 0.29) is 15.6 Å². The normalized spacial score (nSPS) is 14.7. The van der Waals surface area contributed by atoms with Crippen LogP contribution in [0.5, 0.6) is 5.75 Å². The molecule has 0 radical (unpaired) electrons. The molecule has 0 spiro atoms. The number of nitrogens with one attached hydrogen (secondary N) is 1. The van der Waals surface area contributed by atoms with Gasteiger partial charge in [-0.05, 0) is 30.5 Å². The molecule has 6 nitrogen and oxygen atoms in total. The standard InChI is InChI=1S/C19H20ClNO5S/c20-15-16(26-10-14(22)23)18(19(24)25)27-17(15)11-5-4-8-13(9-11)21-12-6-2-1-3-7-12/h4-5,8-9,12,21H,1-3,6-7,10H2,(H,22,23)(H,24,25). The van der Waals surface area contributed by atoms with Gasteiger partial charge in [0.05, 0.1) is 4.88 Å². The molecule has 1 heterocycles. The highest BCUT2D eigenvalue weighted by molar-refractivity contribution is 7.18. The van der Waals surface area contributed by atoms with E-state index in [2.05, 4.69) is 5.32 Å². The maximum atomic E-state index is 11.5. The highest BCUT2D eigenvalue weighted by atomic mass is 35.5. The van der Waals surface area contributed by atoms with Gasteiger partial charge in [0, 0.05) is 11.7 Å². The Kier molecular flexibility index (Phi) is 6.23. The van der Waals surface area contributed by atoms with E-state index in [4.69, 9.17) is 21.4 Å². The molecule has 1 aromatic carbocycles. The first-order valence-electron chi connectivity index (χ1n) is 8.73. The van der Waals surface area contributed by atoms with E-state index >= 15 is 0 Å². The van der Waals surface area contributed by atoms with E-state index in [9.17, 15) is 14.7 Å². The summed E-state index contributed by atoms with van der Waals surface area (Å²) in [6.07, 6.45) is 6.00. The second-order valence-electron chi connectivity index (χ2n) is 6.45. The number of carbonyl (C=O) groups is 2. The Morgan fingerprint density at radius 2 is 1.96 bits per heavy atom. The summed E-state index contributed by atoms with van der Waals surface area (Å²) in [5, 5.41) is 21.8. The van der Waals surface area contributed by atoms with Crippen LogP contribution in [0.2, 0.25) is 5.02 Å². The largest absolute Gasteiger partial charge is 0.479 e. The van der Waals surface area contributed by atoms with Crippen LogP contribution in [-0.2, 0) is 4.79 Å². The van der Waals surface area contributed by atoms with Crippen molar-refractivity contribution >= 4 is 40.6 Å². The molecule has 1 fully saturated rings. The number of hydrogen-bond donors (Lipinski definition) is 3. The number of thiophene rings is 1. The van der Waals surface area contributed by atoms with E-state index in [0.717, 1.165) is 35.4 Å². The van der Waals surface area contributed by atoms with Gasteiger partial charge in [0.2, 0.25) is 0 Å². The highest BCUT2D eigenvalue weighted by Gasteiger charge is 2.25. The number of hydrogen-bond acceptors (Lipinski definition) is 5. The first-order valence-corrected chi connectivity index (χ1v) is 9.92. The first kappa shape index (κ1) is 19.5. The second-order valence-corrected chi connectivity index (χ2v) is 7.85. The Labute approximate surface area is 165 Å². The fraction of sp³-hybridized carbons (Fsp3) is 0.368. The maximum Gasteiger partial charge on any atom is 0.349 e. The number of aromatic carboxylic acids is 1. The van der Waals surface area contributed by atoms with Crippen LogP contribution in [0.3, 0.4) is 0 Å². The lowest BCUT2D eigenvalue weighted by Gasteiger charge is -2.24. The predicted molar refractivity (Wildman–Crippen MR) is 105 cm³/mol. The molecule has 0 saturated heterocycles. The third kappa shape index (κ3) is 4.73. The number of carboxylic acids is 2. The monoisotopic (exact) mass is 409 g/mol. The molecule has 1 aliphatic carbocycles. The van der Waals surface area contributed by atoms with Crippen molar-refractivity contribution in [3.8, 4) is 16.2 Å². The Bertz CT molecular complexity index is 845. The molecule has 2 aromatic rings. The molecular weight excluding hydrogens is 390 g/mol. The van der Waals surface area contributed by atoms with Gasteiger partial charge >= 0.3 is 11.9 Å². The fourth-order valence-corrected chi connectivity index (χ4v) is 4.62. The van der Waals surface area contributed by atoms with Gasteiger partial charge in [-0.2, -0.15) is 0 Å². The van der Waals surface area contributed by atoms with Gasteiger partial charge in [-0.25, -0.2) is 9.59 Å². The van der Waals surface area contributed by atoms with Crippen molar-refractivity contribution < 1.29 is 24.5 Å². The number of ether oxygens (including phenoxy) is 1. The molecular formula is C19H20ClNO5S. The minimum absolute atomic E-state index is 0.0998. The highest BCUT2D eigenvalue weighted by Crippen LogP contribution is 2.46. The van der Waals surface area contributed by atoms with Gasteiger partial charge in [0.15, 0.2) is 17.2 Å². The molecule has 1 aromatic heterocycles. The number of halogens is 1. The summed E-state index contributed by atoms with van der Waals surface area (Å²) in [6, 6.07) is 8.07. The van der Waals surface area contributed by atoms with Crippen molar-refractivity contribution in [2.45, 2.75) is 38.1 Å². The number of rotatable bonds is 7. The summed E-state index contributed by atoms with van der Waals surface area (Å²) in [4.78, 5) is 22.7. The molecule has 27 heavy (non-hydrogen) atoms. The molecule has 0 unspecified atom stereocenters. The van der Waals surface area contributed by atoms with E-state index in [1.54, 1.807) is 0 Å². The van der Waals surface area contributed by atoms with E-state index in [0.29, 0.717) is 10.9 Å². The first-order chi connectivity index (χ1) is 13.0. The summed E-state index contributed by atoms with van der Waals surface area (Å²) in [5.74, 6) is -2.50. The van der Waals surface area contributed by atoms with Crippen LogP contribution in [0.15, 0.2) is 24.3 Å². The van der Waals surface area contributed by atoms with Gasteiger partial charge in [-0.15, -0.1) is 11.3 Å². The minimum atomic E-state index is -1.20. The number of benzene rings is 1. The summed E-state index contributed by atoms with van der Waals surface area (Å²) >= 11 is 7.32. The van der Waals surface area contributed by atoms with Gasteiger partial charge in [-0.1, -0.05) is 43.0 Å². The van der Waals surface area contributed by atoms with Gasteiger partial charge in [0.1, 0.15) is 5.02 Å². The summed E-state index contributed by atoms with van der Waals surface area (Å²) in [7, 11) is 0. The number of aliphatic carboxylic acids is 1.